The van der Waals surface area contributed by atoms with Crippen LogP contribution >= 0.6 is 0 Å². The number of likely N-dealkylation sites (N-methyl/N-ethyl adjacent to an activating group) is 1. The zero-order valence-corrected chi connectivity index (χ0v) is 17.6. The van der Waals surface area contributed by atoms with Gasteiger partial charge in [-0.3, -0.25) is 9.89 Å². The molecule has 0 fully saturated rings. The molecular formula is C23H21N7O2. The summed E-state index contributed by atoms with van der Waals surface area (Å²) in [7, 11) is 3.40. The summed E-state index contributed by atoms with van der Waals surface area (Å²) in [5.74, 6) is 1.16. The molecule has 0 bridgehead atoms. The van der Waals surface area contributed by atoms with Crippen molar-refractivity contribution in [3.05, 3.63) is 67.3 Å². The summed E-state index contributed by atoms with van der Waals surface area (Å²) in [6.07, 6.45) is 7.37. The van der Waals surface area contributed by atoms with Crippen molar-refractivity contribution in [2.75, 3.05) is 26.0 Å². The number of nitrogens with one attached hydrogen (secondary N) is 2. The molecule has 5 rings (SSSR count). The minimum atomic E-state index is -0.0942. The summed E-state index contributed by atoms with van der Waals surface area (Å²) >= 11 is 0. The first kappa shape index (κ1) is 19.6. The summed E-state index contributed by atoms with van der Waals surface area (Å²) in [6.45, 7) is -0.00124. The molecule has 0 unspecified atom stereocenters. The number of carbonyl (C=O) groups excluding carboxylic acids is 1. The van der Waals surface area contributed by atoms with Gasteiger partial charge in [-0.15, -0.1) is 0 Å². The highest BCUT2D eigenvalue weighted by Crippen LogP contribution is 2.27. The first-order valence-electron chi connectivity index (χ1n) is 10.0. The monoisotopic (exact) mass is 427 g/mol. The number of hydrogen-bond acceptors (Lipinski definition) is 6. The summed E-state index contributed by atoms with van der Waals surface area (Å²) in [4.78, 5) is 22.4. The minimum absolute atomic E-state index is 0.00124. The zero-order chi connectivity index (χ0) is 22.1. The molecule has 0 aliphatic heterocycles. The third kappa shape index (κ3) is 3.83. The van der Waals surface area contributed by atoms with E-state index < -0.39 is 0 Å². The average Bonchev–Trinajstić information content (AvgIpc) is 3.47. The molecule has 32 heavy (non-hydrogen) atoms. The molecule has 0 aliphatic rings. The topological polar surface area (TPSA) is 100 Å². The van der Waals surface area contributed by atoms with E-state index in [1.165, 1.54) is 4.90 Å². The van der Waals surface area contributed by atoms with Gasteiger partial charge in [-0.05, 0) is 30.3 Å². The van der Waals surface area contributed by atoms with Crippen molar-refractivity contribution in [2.24, 2.45) is 0 Å². The second kappa shape index (κ2) is 8.03. The molecule has 3 heterocycles. The van der Waals surface area contributed by atoms with E-state index >= 15 is 0 Å². The van der Waals surface area contributed by atoms with Gasteiger partial charge >= 0.3 is 0 Å². The number of amides is 1. The van der Waals surface area contributed by atoms with Crippen molar-refractivity contribution in [2.45, 2.75) is 0 Å². The van der Waals surface area contributed by atoms with Gasteiger partial charge in [0, 0.05) is 49.3 Å². The predicted molar refractivity (Wildman–Crippen MR) is 122 cm³/mol. The van der Waals surface area contributed by atoms with Crippen LogP contribution < -0.4 is 10.1 Å². The number of aromatic nitrogens is 5. The molecule has 0 saturated carbocycles. The van der Waals surface area contributed by atoms with Gasteiger partial charge < -0.3 is 19.4 Å². The second-order valence-corrected chi connectivity index (χ2v) is 7.53. The standard InChI is InChI=1S/C23H21N7O2/c1-29(2)21(31)14-32-18-7-5-17(6-8-18)26-22-23-24-9-10-30(23)13-20(27-22)15-3-4-16-12-25-28-19(16)11-15/h3-13H,14H2,1-2H3,(H,25,28)(H,26,27). The molecule has 0 aliphatic carbocycles. The van der Waals surface area contributed by atoms with Gasteiger partial charge in [-0.2, -0.15) is 5.10 Å². The van der Waals surface area contributed by atoms with Crippen LogP contribution in [0.1, 0.15) is 0 Å². The van der Waals surface area contributed by atoms with Crippen molar-refractivity contribution in [3.63, 3.8) is 0 Å². The van der Waals surface area contributed by atoms with Gasteiger partial charge in [-0.1, -0.05) is 12.1 Å². The van der Waals surface area contributed by atoms with E-state index in [0.717, 1.165) is 27.8 Å². The first-order chi connectivity index (χ1) is 15.6. The van der Waals surface area contributed by atoms with Crippen molar-refractivity contribution >= 4 is 34.0 Å². The van der Waals surface area contributed by atoms with E-state index in [4.69, 9.17) is 9.72 Å². The number of aromatic amines is 1. The van der Waals surface area contributed by atoms with Crippen LogP contribution in [0, 0.1) is 0 Å². The summed E-state index contributed by atoms with van der Waals surface area (Å²) in [5.41, 5.74) is 4.27. The van der Waals surface area contributed by atoms with Crippen LogP contribution in [-0.2, 0) is 4.79 Å². The summed E-state index contributed by atoms with van der Waals surface area (Å²) < 4.78 is 7.48. The Labute approximate surface area is 183 Å². The SMILES string of the molecule is CN(C)C(=O)COc1ccc(Nc2nc(-c3ccc4cn[nH]c4c3)cn3ccnc23)cc1. The van der Waals surface area contributed by atoms with E-state index in [1.54, 1.807) is 26.5 Å². The van der Waals surface area contributed by atoms with Gasteiger partial charge in [0.2, 0.25) is 0 Å². The summed E-state index contributed by atoms with van der Waals surface area (Å²) in [5, 5.41) is 11.5. The Balaban J connectivity index is 1.41. The Morgan fingerprint density at radius 3 is 2.84 bits per heavy atom. The lowest BCUT2D eigenvalue weighted by molar-refractivity contribution is -0.130. The lowest BCUT2D eigenvalue weighted by Gasteiger charge is -2.12. The number of anilines is 2. The number of imidazole rings is 1. The van der Waals surface area contributed by atoms with Gasteiger partial charge in [0.05, 0.1) is 17.4 Å². The third-order valence-corrected chi connectivity index (χ3v) is 5.09. The van der Waals surface area contributed by atoms with Crippen molar-refractivity contribution < 1.29 is 9.53 Å². The highest BCUT2D eigenvalue weighted by Gasteiger charge is 2.11. The van der Waals surface area contributed by atoms with Gasteiger partial charge in [0.1, 0.15) is 5.75 Å². The molecule has 5 aromatic rings. The molecule has 0 spiro atoms. The molecule has 3 aromatic heterocycles. The molecule has 2 N–H and O–H groups in total. The number of carbonyl (C=O) groups is 1. The van der Waals surface area contributed by atoms with Crippen LogP contribution in [-0.4, -0.2) is 56.1 Å². The predicted octanol–water partition coefficient (Wildman–Crippen LogP) is 3.48. The lowest BCUT2D eigenvalue weighted by atomic mass is 10.1. The Morgan fingerprint density at radius 1 is 1.19 bits per heavy atom. The maximum Gasteiger partial charge on any atom is 0.259 e. The number of benzene rings is 2. The Kier molecular flexibility index (Phi) is 4.91. The van der Waals surface area contributed by atoms with Crippen molar-refractivity contribution in [1.29, 1.82) is 0 Å². The lowest BCUT2D eigenvalue weighted by Crippen LogP contribution is -2.27. The number of H-pyrrole nitrogens is 1. The second-order valence-electron chi connectivity index (χ2n) is 7.53. The third-order valence-electron chi connectivity index (χ3n) is 5.09. The van der Waals surface area contributed by atoms with Gasteiger partial charge in [0.25, 0.3) is 5.91 Å². The molecule has 160 valence electrons. The highest BCUT2D eigenvalue weighted by molar-refractivity contribution is 5.84. The van der Waals surface area contributed by atoms with Gasteiger partial charge in [-0.25, -0.2) is 9.97 Å². The van der Waals surface area contributed by atoms with E-state index in [2.05, 4.69) is 20.5 Å². The van der Waals surface area contributed by atoms with Crippen LogP contribution in [0.3, 0.4) is 0 Å². The van der Waals surface area contributed by atoms with E-state index in [0.29, 0.717) is 17.2 Å². The quantitative estimate of drug-likeness (QED) is 0.430. The minimum Gasteiger partial charge on any atom is -0.484 e. The molecule has 2 aromatic carbocycles. The maximum atomic E-state index is 11.7. The van der Waals surface area contributed by atoms with E-state index in [1.807, 2.05) is 59.3 Å². The average molecular weight is 427 g/mol. The number of nitrogens with zero attached hydrogens (tertiary/aromatic N) is 5. The van der Waals surface area contributed by atoms with Crippen molar-refractivity contribution in [1.82, 2.24) is 29.5 Å². The molecule has 9 nitrogen and oxygen atoms in total. The molecule has 9 heteroatoms. The largest absolute Gasteiger partial charge is 0.484 e. The van der Waals surface area contributed by atoms with Crippen LogP contribution in [0.5, 0.6) is 5.75 Å². The van der Waals surface area contributed by atoms with Crippen LogP contribution in [0.2, 0.25) is 0 Å². The van der Waals surface area contributed by atoms with Crippen LogP contribution in [0.4, 0.5) is 11.5 Å². The molecule has 1 amide bonds. The molecular weight excluding hydrogens is 406 g/mol. The molecule has 0 radical (unpaired) electrons. The molecule has 0 saturated heterocycles. The normalized spacial score (nSPS) is 11.1. The maximum absolute atomic E-state index is 11.7. The van der Waals surface area contributed by atoms with Crippen LogP contribution in [0.15, 0.2) is 67.3 Å². The first-order valence-corrected chi connectivity index (χ1v) is 10.0. The number of hydrogen-bond donors (Lipinski definition) is 2. The molecule has 0 atom stereocenters. The van der Waals surface area contributed by atoms with E-state index in [9.17, 15) is 4.79 Å². The Hall–Kier alpha value is -4.40. The fraction of sp³-hybridized carbons (Fsp3) is 0.130. The smallest absolute Gasteiger partial charge is 0.259 e. The fourth-order valence-electron chi connectivity index (χ4n) is 3.30. The number of rotatable bonds is 6. The highest BCUT2D eigenvalue weighted by atomic mass is 16.5. The fourth-order valence-corrected chi connectivity index (χ4v) is 3.30. The number of fused-ring (bicyclic) bond motifs is 2. The Morgan fingerprint density at radius 2 is 2.03 bits per heavy atom. The number of ether oxygens (including phenoxy) is 1. The van der Waals surface area contributed by atoms with Crippen molar-refractivity contribution in [3.8, 4) is 17.0 Å². The van der Waals surface area contributed by atoms with Crippen LogP contribution in [0.25, 0.3) is 27.8 Å². The Bertz CT molecular complexity index is 1400. The summed E-state index contributed by atoms with van der Waals surface area (Å²) in [6, 6.07) is 13.4. The van der Waals surface area contributed by atoms with Gasteiger partial charge in [0.15, 0.2) is 18.1 Å². The van der Waals surface area contributed by atoms with E-state index in [-0.39, 0.29) is 12.5 Å². The zero-order valence-electron chi connectivity index (χ0n) is 17.6.